The SMILES string of the molecule is CCOC(=O)C1=C(c2ccccc2)N=C2SC=C(CC(=O)N3CCC(C(=O)OCC)CC3)N2C1c1cccc(F)c1. The lowest BCUT2D eigenvalue weighted by atomic mass is 9.91. The van der Waals surface area contributed by atoms with Gasteiger partial charge >= 0.3 is 11.9 Å². The van der Waals surface area contributed by atoms with Crippen LogP contribution in [-0.4, -0.2) is 59.1 Å². The topological polar surface area (TPSA) is 88.5 Å². The first-order valence-corrected chi connectivity index (χ1v) is 14.7. The van der Waals surface area contributed by atoms with E-state index < -0.39 is 17.8 Å². The predicted octanol–water partition coefficient (Wildman–Crippen LogP) is 5.29. The van der Waals surface area contributed by atoms with E-state index in [4.69, 9.17) is 14.5 Å². The minimum Gasteiger partial charge on any atom is -0.466 e. The van der Waals surface area contributed by atoms with E-state index in [0.717, 1.165) is 5.56 Å². The van der Waals surface area contributed by atoms with Crippen LogP contribution in [-0.2, 0) is 23.9 Å². The molecule has 2 aromatic carbocycles. The summed E-state index contributed by atoms with van der Waals surface area (Å²) >= 11 is 1.36. The normalized spacial score (nSPS) is 19.0. The first-order valence-electron chi connectivity index (χ1n) is 13.8. The summed E-state index contributed by atoms with van der Waals surface area (Å²) in [5, 5.41) is 2.46. The number of amides is 1. The maximum absolute atomic E-state index is 14.6. The fourth-order valence-electron chi connectivity index (χ4n) is 5.37. The predicted molar refractivity (Wildman–Crippen MR) is 155 cm³/mol. The quantitative estimate of drug-likeness (QED) is 0.394. The molecule has 1 fully saturated rings. The number of hydrogen-bond acceptors (Lipinski definition) is 8. The van der Waals surface area contributed by atoms with Crippen molar-refractivity contribution in [2.45, 2.75) is 39.2 Å². The highest BCUT2D eigenvalue weighted by atomic mass is 32.2. The Hall–Kier alpha value is -3.92. The van der Waals surface area contributed by atoms with Crippen molar-refractivity contribution in [2.75, 3.05) is 26.3 Å². The zero-order chi connectivity index (χ0) is 28.9. The molecule has 0 saturated carbocycles. The number of esters is 2. The Morgan fingerprint density at radius 2 is 1.73 bits per heavy atom. The number of hydrogen-bond donors (Lipinski definition) is 0. The molecule has 3 aliphatic rings. The van der Waals surface area contributed by atoms with Crippen LogP contribution in [0.25, 0.3) is 5.70 Å². The fraction of sp³-hybridized carbons (Fsp3) is 0.355. The molecule has 10 heteroatoms. The zero-order valence-corrected chi connectivity index (χ0v) is 23.9. The summed E-state index contributed by atoms with van der Waals surface area (Å²) in [5.74, 6) is -1.49. The molecular weight excluding hydrogens is 545 g/mol. The molecule has 3 aliphatic heterocycles. The van der Waals surface area contributed by atoms with E-state index in [2.05, 4.69) is 0 Å². The van der Waals surface area contributed by atoms with E-state index in [-0.39, 0.29) is 36.4 Å². The number of fused-ring (bicyclic) bond motifs is 1. The highest BCUT2D eigenvalue weighted by Gasteiger charge is 2.43. The average Bonchev–Trinajstić information content (AvgIpc) is 3.39. The van der Waals surface area contributed by atoms with Gasteiger partial charge in [0, 0.05) is 24.4 Å². The highest BCUT2D eigenvalue weighted by molar-refractivity contribution is 8.16. The molecule has 0 bridgehead atoms. The molecule has 1 saturated heterocycles. The molecule has 0 radical (unpaired) electrons. The lowest BCUT2D eigenvalue weighted by Gasteiger charge is -2.37. The third kappa shape index (κ3) is 6.07. The first kappa shape index (κ1) is 28.6. The Labute approximate surface area is 242 Å². The molecule has 8 nitrogen and oxygen atoms in total. The molecule has 1 unspecified atom stereocenters. The minimum atomic E-state index is -0.754. The van der Waals surface area contributed by atoms with Gasteiger partial charge in [-0.1, -0.05) is 54.2 Å². The molecule has 1 amide bonds. The number of carbonyl (C=O) groups is 3. The van der Waals surface area contributed by atoms with Crippen LogP contribution in [0, 0.1) is 11.7 Å². The molecule has 0 aromatic heterocycles. The van der Waals surface area contributed by atoms with E-state index >= 15 is 0 Å². The molecule has 0 spiro atoms. The molecule has 5 rings (SSSR count). The van der Waals surface area contributed by atoms with Crippen LogP contribution >= 0.6 is 11.8 Å². The van der Waals surface area contributed by atoms with E-state index in [1.54, 1.807) is 30.9 Å². The van der Waals surface area contributed by atoms with Gasteiger partial charge in [-0.15, -0.1) is 0 Å². The van der Waals surface area contributed by atoms with Gasteiger partial charge < -0.3 is 19.3 Å². The number of thioether (sulfide) groups is 1. The molecule has 214 valence electrons. The summed E-state index contributed by atoms with van der Waals surface area (Å²) in [4.78, 5) is 47.6. The number of aliphatic imine (C=N–C) groups is 1. The van der Waals surface area contributed by atoms with Gasteiger partial charge in [-0.2, -0.15) is 0 Å². The van der Waals surface area contributed by atoms with Crippen molar-refractivity contribution in [1.29, 1.82) is 0 Å². The highest BCUT2D eigenvalue weighted by Crippen LogP contribution is 2.47. The van der Waals surface area contributed by atoms with Gasteiger partial charge in [0.25, 0.3) is 0 Å². The summed E-state index contributed by atoms with van der Waals surface area (Å²) in [7, 11) is 0. The largest absolute Gasteiger partial charge is 0.466 e. The Morgan fingerprint density at radius 3 is 2.41 bits per heavy atom. The summed E-state index contributed by atoms with van der Waals surface area (Å²) < 4.78 is 25.2. The number of ether oxygens (including phenoxy) is 2. The van der Waals surface area contributed by atoms with Crippen LogP contribution in [0.15, 0.2) is 76.3 Å². The van der Waals surface area contributed by atoms with Gasteiger partial charge in [0.1, 0.15) is 5.82 Å². The van der Waals surface area contributed by atoms with Gasteiger partial charge in [0.15, 0.2) is 5.17 Å². The van der Waals surface area contributed by atoms with Crippen molar-refractivity contribution in [2.24, 2.45) is 10.9 Å². The van der Waals surface area contributed by atoms with Gasteiger partial charge in [-0.05, 0) is 49.8 Å². The van der Waals surface area contributed by atoms with Crippen LogP contribution < -0.4 is 0 Å². The third-order valence-electron chi connectivity index (χ3n) is 7.32. The lowest BCUT2D eigenvalue weighted by molar-refractivity contribution is -0.151. The van der Waals surface area contributed by atoms with Gasteiger partial charge in [0.05, 0.1) is 42.9 Å². The molecular formula is C31H32FN3O5S. The Bertz CT molecular complexity index is 1420. The van der Waals surface area contributed by atoms with Crippen molar-refractivity contribution in [3.8, 4) is 0 Å². The Balaban J connectivity index is 1.47. The van der Waals surface area contributed by atoms with E-state index in [1.807, 2.05) is 40.6 Å². The third-order valence-corrected chi connectivity index (χ3v) is 8.21. The number of likely N-dealkylation sites (tertiary alicyclic amines) is 1. The van der Waals surface area contributed by atoms with Crippen LogP contribution in [0.1, 0.15) is 50.3 Å². The smallest absolute Gasteiger partial charge is 0.338 e. The average molecular weight is 578 g/mol. The van der Waals surface area contributed by atoms with Gasteiger partial charge in [-0.25, -0.2) is 14.2 Å². The molecule has 41 heavy (non-hydrogen) atoms. The fourth-order valence-corrected chi connectivity index (χ4v) is 6.29. The lowest BCUT2D eigenvalue weighted by Crippen LogP contribution is -2.42. The summed E-state index contributed by atoms with van der Waals surface area (Å²) in [6.07, 6.45) is 1.17. The van der Waals surface area contributed by atoms with Crippen molar-refractivity contribution in [3.63, 3.8) is 0 Å². The zero-order valence-electron chi connectivity index (χ0n) is 23.0. The molecule has 3 heterocycles. The summed E-state index contributed by atoms with van der Waals surface area (Å²) in [5.41, 5.74) is 2.68. The van der Waals surface area contributed by atoms with Crippen LogP contribution in [0.3, 0.4) is 0 Å². The number of rotatable bonds is 8. The number of piperidine rings is 1. The Morgan fingerprint density at radius 1 is 1.00 bits per heavy atom. The number of nitrogens with zero attached hydrogens (tertiary/aromatic N) is 3. The van der Waals surface area contributed by atoms with Crippen LogP contribution in [0.2, 0.25) is 0 Å². The van der Waals surface area contributed by atoms with Crippen molar-refractivity contribution < 1.29 is 28.2 Å². The van der Waals surface area contributed by atoms with E-state index in [0.29, 0.717) is 54.7 Å². The first-order chi connectivity index (χ1) is 19.9. The Kier molecular flexibility index (Phi) is 8.87. The molecule has 1 atom stereocenters. The monoisotopic (exact) mass is 577 g/mol. The number of carbonyl (C=O) groups excluding carboxylic acids is 3. The van der Waals surface area contributed by atoms with Crippen LogP contribution in [0.4, 0.5) is 4.39 Å². The maximum atomic E-state index is 14.6. The summed E-state index contributed by atoms with van der Waals surface area (Å²) in [6.45, 7) is 4.94. The number of amidine groups is 1. The second kappa shape index (κ2) is 12.7. The van der Waals surface area contributed by atoms with E-state index in [1.165, 1.54) is 23.9 Å². The minimum absolute atomic E-state index is 0.0681. The second-order valence-corrected chi connectivity index (χ2v) is 10.7. The van der Waals surface area contributed by atoms with Gasteiger partial charge in [0.2, 0.25) is 5.91 Å². The van der Waals surface area contributed by atoms with Crippen molar-refractivity contribution >= 4 is 40.5 Å². The second-order valence-electron chi connectivity index (χ2n) is 9.88. The van der Waals surface area contributed by atoms with Crippen LogP contribution in [0.5, 0.6) is 0 Å². The maximum Gasteiger partial charge on any atom is 0.338 e. The standard InChI is InChI=1S/C31H32FN3O5S/c1-3-39-29(37)21-13-15-34(16-14-21)25(36)18-24-19-41-31-33-27(20-9-6-5-7-10-20)26(30(38)40-4-2)28(35(24)31)22-11-8-12-23(32)17-22/h5-12,17,19,21,28H,3-4,13-16,18H2,1-2H3. The summed E-state index contributed by atoms with van der Waals surface area (Å²) in [6, 6.07) is 14.7. The van der Waals surface area contributed by atoms with Crippen molar-refractivity contribution in [3.05, 3.63) is 88.2 Å². The van der Waals surface area contributed by atoms with E-state index in [9.17, 15) is 18.8 Å². The molecule has 2 aromatic rings. The number of halogens is 1. The molecule has 0 N–H and O–H groups in total. The number of benzene rings is 2. The molecule has 0 aliphatic carbocycles. The van der Waals surface area contributed by atoms with Crippen molar-refractivity contribution in [1.82, 2.24) is 9.80 Å². The van der Waals surface area contributed by atoms with Gasteiger partial charge in [-0.3, -0.25) is 9.59 Å².